The number of nitrogens with one attached hydrogen (secondary N) is 1. The summed E-state index contributed by atoms with van der Waals surface area (Å²) in [4.78, 5) is 16.3. The van der Waals surface area contributed by atoms with E-state index in [1.165, 1.54) is 11.3 Å². The van der Waals surface area contributed by atoms with Gasteiger partial charge in [0, 0.05) is 5.69 Å². The van der Waals surface area contributed by atoms with Crippen molar-refractivity contribution < 1.29 is 9.53 Å². The van der Waals surface area contributed by atoms with Gasteiger partial charge in [-0.3, -0.25) is 4.79 Å². The van der Waals surface area contributed by atoms with Crippen LogP contribution >= 0.6 is 11.3 Å². The molecular weight excluding hydrogens is 310 g/mol. The summed E-state index contributed by atoms with van der Waals surface area (Å²) in [5.74, 6) is 0.467. The fraction of sp³-hybridized carbons (Fsp3) is 0.176. The highest BCUT2D eigenvalue weighted by molar-refractivity contribution is 7.22. The van der Waals surface area contributed by atoms with Gasteiger partial charge in [-0.15, -0.1) is 0 Å². The van der Waals surface area contributed by atoms with Crippen LogP contribution in [-0.2, 0) is 4.79 Å². The number of aryl methyl sites for hydroxylation is 2. The molecule has 3 N–H and O–H groups in total. The van der Waals surface area contributed by atoms with Crippen LogP contribution in [0.4, 0.5) is 10.8 Å². The van der Waals surface area contributed by atoms with Crippen LogP contribution < -0.4 is 15.8 Å². The number of thiazole rings is 1. The van der Waals surface area contributed by atoms with Crippen molar-refractivity contribution in [1.29, 1.82) is 0 Å². The lowest BCUT2D eigenvalue weighted by Crippen LogP contribution is -2.20. The van der Waals surface area contributed by atoms with Gasteiger partial charge in [-0.05, 0) is 43.7 Å². The Bertz CT molecular complexity index is 856. The van der Waals surface area contributed by atoms with E-state index in [9.17, 15) is 4.79 Å². The Morgan fingerprint density at radius 1 is 1.26 bits per heavy atom. The van der Waals surface area contributed by atoms with E-state index in [1.807, 2.05) is 50.2 Å². The molecule has 3 aromatic rings. The number of rotatable bonds is 4. The van der Waals surface area contributed by atoms with E-state index in [4.69, 9.17) is 10.5 Å². The van der Waals surface area contributed by atoms with Gasteiger partial charge in [-0.25, -0.2) is 4.98 Å². The lowest BCUT2D eigenvalue weighted by atomic mass is 10.2. The maximum absolute atomic E-state index is 12.0. The van der Waals surface area contributed by atoms with Crippen LogP contribution in [-0.4, -0.2) is 17.5 Å². The zero-order valence-electron chi connectivity index (χ0n) is 12.9. The maximum atomic E-state index is 12.0. The topological polar surface area (TPSA) is 77.2 Å². The molecule has 6 heteroatoms. The summed E-state index contributed by atoms with van der Waals surface area (Å²) in [6.07, 6.45) is 0. The average Bonchev–Trinajstić information content (AvgIpc) is 2.88. The van der Waals surface area contributed by atoms with Gasteiger partial charge in [0.2, 0.25) is 0 Å². The molecule has 1 heterocycles. The number of nitrogens with zero attached hydrogens (tertiary/aromatic N) is 1. The van der Waals surface area contributed by atoms with Gasteiger partial charge >= 0.3 is 0 Å². The SMILES string of the molecule is Cc1ccc(OCC(=O)Nc2cc(C)c3nc(N)sc3c2)cc1. The molecule has 0 saturated carbocycles. The standard InChI is InChI=1S/C17H17N3O2S/c1-10-3-5-13(6-4-10)22-9-15(21)19-12-7-11(2)16-14(8-12)23-17(18)20-16/h3-8H,9H2,1-2H3,(H2,18,20)(H,19,21). The Balaban J connectivity index is 1.66. The summed E-state index contributed by atoms with van der Waals surface area (Å²) in [6.45, 7) is 3.91. The Morgan fingerprint density at radius 2 is 2.00 bits per heavy atom. The summed E-state index contributed by atoms with van der Waals surface area (Å²) in [5.41, 5.74) is 9.45. The van der Waals surface area contributed by atoms with Gasteiger partial charge in [0.1, 0.15) is 5.75 Å². The number of ether oxygens (including phenoxy) is 1. The van der Waals surface area contributed by atoms with Crippen LogP contribution in [0.2, 0.25) is 0 Å². The first-order chi connectivity index (χ1) is 11.0. The molecule has 23 heavy (non-hydrogen) atoms. The molecule has 0 spiro atoms. The lowest BCUT2D eigenvalue weighted by Gasteiger charge is -2.08. The van der Waals surface area contributed by atoms with Gasteiger partial charge in [-0.2, -0.15) is 0 Å². The molecule has 0 atom stereocenters. The normalized spacial score (nSPS) is 10.7. The number of benzene rings is 2. The van der Waals surface area contributed by atoms with Crippen molar-refractivity contribution in [3.05, 3.63) is 47.5 Å². The third-order valence-corrected chi connectivity index (χ3v) is 4.21. The first-order valence-corrected chi connectivity index (χ1v) is 7.99. The number of hydrogen-bond acceptors (Lipinski definition) is 5. The van der Waals surface area contributed by atoms with Crippen molar-refractivity contribution >= 4 is 38.3 Å². The highest BCUT2D eigenvalue weighted by Gasteiger charge is 2.09. The lowest BCUT2D eigenvalue weighted by molar-refractivity contribution is -0.118. The molecule has 0 unspecified atom stereocenters. The zero-order chi connectivity index (χ0) is 16.4. The highest BCUT2D eigenvalue weighted by Crippen LogP contribution is 2.29. The van der Waals surface area contributed by atoms with Crippen molar-refractivity contribution in [2.45, 2.75) is 13.8 Å². The van der Waals surface area contributed by atoms with Gasteiger partial charge in [0.05, 0.1) is 10.2 Å². The first kappa shape index (κ1) is 15.3. The molecule has 0 aliphatic carbocycles. The Labute approximate surface area is 138 Å². The fourth-order valence-corrected chi connectivity index (χ4v) is 3.12. The predicted molar refractivity (Wildman–Crippen MR) is 94.1 cm³/mol. The molecule has 2 aromatic carbocycles. The van der Waals surface area contributed by atoms with E-state index >= 15 is 0 Å². The summed E-state index contributed by atoms with van der Waals surface area (Å²) >= 11 is 1.40. The first-order valence-electron chi connectivity index (χ1n) is 7.17. The molecule has 0 aliphatic heterocycles. The van der Waals surface area contributed by atoms with Crippen LogP contribution in [0, 0.1) is 13.8 Å². The third-order valence-electron chi connectivity index (χ3n) is 3.38. The molecule has 0 aliphatic rings. The molecule has 3 rings (SSSR count). The number of carbonyl (C=O) groups is 1. The monoisotopic (exact) mass is 327 g/mol. The summed E-state index contributed by atoms with van der Waals surface area (Å²) < 4.78 is 6.43. The van der Waals surface area contributed by atoms with Gasteiger partial charge in [-0.1, -0.05) is 29.0 Å². The molecule has 118 valence electrons. The number of nitrogens with two attached hydrogens (primary N) is 1. The number of nitrogen functional groups attached to an aromatic ring is 1. The minimum atomic E-state index is -0.207. The quantitative estimate of drug-likeness (QED) is 0.769. The second-order valence-corrected chi connectivity index (χ2v) is 6.40. The van der Waals surface area contributed by atoms with Crippen molar-refractivity contribution in [1.82, 2.24) is 4.98 Å². The smallest absolute Gasteiger partial charge is 0.262 e. The zero-order valence-corrected chi connectivity index (χ0v) is 13.7. The van der Waals surface area contributed by atoms with Crippen LogP contribution in [0.25, 0.3) is 10.2 Å². The van der Waals surface area contributed by atoms with Crippen LogP contribution in [0.3, 0.4) is 0 Å². The van der Waals surface area contributed by atoms with E-state index in [1.54, 1.807) is 0 Å². The molecule has 0 bridgehead atoms. The van der Waals surface area contributed by atoms with Gasteiger partial charge in [0.25, 0.3) is 5.91 Å². The number of carbonyl (C=O) groups excluding carboxylic acids is 1. The number of amides is 1. The van der Waals surface area contributed by atoms with E-state index in [-0.39, 0.29) is 12.5 Å². The van der Waals surface area contributed by atoms with Crippen molar-refractivity contribution in [3.8, 4) is 5.75 Å². The van der Waals surface area contributed by atoms with E-state index in [2.05, 4.69) is 10.3 Å². The molecule has 1 aromatic heterocycles. The number of aromatic nitrogens is 1. The largest absolute Gasteiger partial charge is 0.484 e. The number of fused-ring (bicyclic) bond motifs is 1. The molecule has 0 saturated heterocycles. The minimum Gasteiger partial charge on any atom is -0.484 e. The second kappa shape index (κ2) is 6.26. The van der Waals surface area contributed by atoms with Gasteiger partial charge in [0.15, 0.2) is 11.7 Å². The van der Waals surface area contributed by atoms with Crippen molar-refractivity contribution in [3.63, 3.8) is 0 Å². The third kappa shape index (κ3) is 3.60. The average molecular weight is 327 g/mol. The van der Waals surface area contributed by atoms with Crippen LogP contribution in [0.15, 0.2) is 36.4 Å². The highest BCUT2D eigenvalue weighted by atomic mass is 32.1. The van der Waals surface area contributed by atoms with Crippen LogP contribution in [0.5, 0.6) is 5.75 Å². The fourth-order valence-electron chi connectivity index (χ4n) is 2.27. The maximum Gasteiger partial charge on any atom is 0.262 e. The number of hydrogen-bond donors (Lipinski definition) is 2. The molecule has 5 nitrogen and oxygen atoms in total. The second-order valence-electron chi connectivity index (χ2n) is 5.34. The van der Waals surface area contributed by atoms with E-state index < -0.39 is 0 Å². The molecule has 1 amide bonds. The Hall–Kier alpha value is -2.60. The van der Waals surface area contributed by atoms with Crippen molar-refractivity contribution in [2.24, 2.45) is 0 Å². The Kier molecular flexibility index (Phi) is 4.16. The number of anilines is 2. The van der Waals surface area contributed by atoms with E-state index in [0.717, 1.165) is 27.0 Å². The molecular formula is C17H17N3O2S. The van der Waals surface area contributed by atoms with Gasteiger partial charge < -0.3 is 15.8 Å². The molecule has 0 radical (unpaired) electrons. The summed E-state index contributed by atoms with van der Waals surface area (Å²) in [6, 6.07) is 11.3. The predicted octanol–water partition coefficient (Wildman–Crippen LogP) is 3.51. The molecule has 0 fully saturated rings. The summed E-state index contributed by atoms with van der Waals surface area (Å²) in [7, 11) is 0. The van der Waals surface area contributed by atoms with Crippen molar-refractivity contribution in [2.75, 3.05) is 17.7 Å². The Morgan fingerprint density at radius 3 is 2.74 bits per heavy atom. The minimum absolute atomic E-state index is 0.0367. The van der Waals surface area contributed by atoms with Crippen LogP contribution in [0.1, 0.15) is 11.1 Å². The summed E-state index contributed by atoms with van der Waals surface area (Å²) in [5, 5.41) is 3.36. The van der Waals surface area contributed by atoms with E-state index in [0.29, 0.717) is 10.9 Å².